The molecule has 0 aliphatic carbocycles. The van der Waals surface area contributed by atoms with Crippen LogP contribution in [-0.4, -0.2) is 5.91 Å². The minimum atomic E-state index is -0.517. The Morgan fingerprint density at radius 1 is 1.14 bits per heavy atom. The fraction of sp³-hybridized carbons (Fsp3) is 0.235. The van der Waals surface area contributed by atoms with Crippen molar-refractivity contribution in [1.29, 1.82) is 0 Å². The monoisotopic (exact) mass is 302 g/mol. The van der Waals surface area contributed by atoms with Crippen LogP contribution in [0.1, 0.15) is 32.6 Å². The first kappa shape index (κ1) is 15.4. The molecule has 0 atom stereocenters. The minimum absolute atomic E-state index is 0.338. The third kappa shape index (κ3) is 3.56. The van der Waals surface area contributed by atoms with E-state index >= 15 is 0 Å². The Morgan fingerprint density at radius 2 is 1.76 bits per heavy atom. The first-order chi connectivity index (χ1) is 9.88. The van der Waals surface area contributed by atoms with Gasteiger partial charge in [0.05, 0.1) is 10.6 Å². The molecule has 0 fully saturated rings. The molecule has 1 amide bonds. The lowest BCUT2D eigenvalue weighted by Crippen LogP contribution is -2.11. The molecule has 0 saturated heterocycles. The van der Waals surface area contributed by atoms with Crippen molar-refractivity contribution in [1.82, 2.24) is 0 Å². The normalized spacial score (nSPS) is 10.5. The van der Waals surface area contributed by atoms with Gasteiger partial charge in [-0.1, -0.05) is 29.3 Å². The van der Waals surface area contributed by atoms with Gasteiger partial charge in [-0.25, -0.2) is 0 Å². The van der Waals surface area contributed by atoms with Gasteiger partial charge in [-0.3, -0.25) is 4.79 Å². The summed E-state index contributed by atoms with van der Waals surface area (Å²) in [7, 11) is 0. The van der Waals surface area contributed by atoms with E-state index < -0.39 is 5.91 Å². The zero-order chi connectivity index (χ0) is 15.6. The molecular formula is C17H19ClN2O. The molecule has 0 bridgehead atoms. The van der Waals surface area contributed by atoms with E-state index in [0.29, 0.717) is 17.1 Å². The van der Waals surface area contributed by atoms with Crippen LogP contribution in [0.2, 0.25) is 5.02 Å². The van der Waals surface area contributed by atoms with Crippen molar-refractivity contribution in [3.63, 3.8) is 0 Å². The topological polar surface area (TPSA) is 55.1 Å². The van der Waals surface area contributed by atoms with E-state index in [9.17, 15) is 4.79 Å². The molecule has 0 aliphatic rings. The van der Waals surface area contributed by atoms with Gasteiger partial charge in [0.15, 0.2) is 0 Å². The Balaban J connectivity index is 2.17. The maximum absolute atomic E-state index is 11.2. The number of nitrogens with two attached hydrogens (primary N) is 1. The van der Waals surface area contributed by atoms with Crippen LogP contribution in [-0.2, 0) is 6.54 Å². The molecule has 0 aliphatic heterocycles. The Bertz CT molecular complexity index is 672. The van der Waals surface area contributed by atoms with Gasteiger partial charge in [0.25, 0.3) is 0 Å². The molecule has 3 nitrogen and oxygen atoms in total. The fourth-order valence-electron chi connectivity index (χ4n) is 2.50. The zero-order valence-electron chi connectivity index (χ0n) is 12.5. The second kappa shape index (κ2) is 6.19. The Kier molecular flexibility index (Phi) is 4.53. The SMILES string of the molecule is Cc1cc(C)c(CNc2ccc(C(N)=O)c(Cl)c2)c(C)c1. The molecule has 2 aromatic rings. The summed E-state index contributed by atoms with van der Waals surface area (Å²) in [5, 5.41) is 3.70. The first-order valence-electron chi connectivity index (χ1n) is 6.78. The number of hydrogen-bond donors (Lipinski definition) is 2. The highest BCUT2D eigenvalue weighted by Gasteiger charge is 2.08. The van der Waals surface area contributed by atoms with Crippen LogP contribution in [0.4, 0.5) is 5.69 Å². The van der Waals surface area contributed by atoms with E-state index in [-0.39, 0.29) is 0 Å². The van der Waals surface area contributed by atoms with Crippen LogP contribution in [0, 0.1) is 20.8 Å². The lowest BCUT2D eigenvalue weighted by atomic mass is 10.00. The molecule has 3 N–H and O–H groups in total. The van der Waals surface area contributed by atoms with Gasteiger partial charge in [-0.05, 0) is 55.7 Å². The van der Waals surface area contributed by atoms with Crippen LogP contribution in [0.25, 0.3) is 0 Å². The van der Waals surface area contributed by atoms with E-state index in [0.717, 1.165) is 5.69 Å². The van der Waals surface area contributed by atoms with Crippen LogP contribution in [0.15, 0.2) is 30.3 Å². The number of primary amides is 1. The van der Waals surface area contributed by atoms with Crippen molar-refractivity contribution in [2.75, 3.05) is 5.32 Å². The van der Waals surface area contributed by atoms with Crippen LogP contribution >= 0.6 is 11.6 Å². The molecular weight excluding hydrogens is 284 g/mol. The summed E-state index contributed by atoms with van der Waals surface area (Å²) in [6.45, 7) is 7.03. The smallest absolute Gasteiger partial charge is 0.250 e. The summed E-state index contributed by atoms with van der Waals surface area (Å²) >= 11 is 6.05. The number of amides is 1. The molecule has 110 valence electrons. The van der Waals surface area contributed by atoms with E-state index in [1.165, 1.54) is 22.3 Å². The van der Waals surface area contributed by atoms with E-state index in [1.807, 2.05) is 6.07 Å². The predicted octanol–water partition coefficient (Wildman–Crippen LogP) is 3.98. The minimum Gasteiger partial charge on any atom is -0.381 e. The number of anilines is 1. The number of benzene rings is 2. The lowest BCUT2D eigenvalue weighted by molar-refractivity contribution is 0.100. The number of carbonyl (C=O) groups excluding carboxylic acids is 1. The maximum Gasteiger partial charge on any atom is 0.250 e. The van der Waals surface area contributed by atoms with Crippen molar-refractivity contribution >= 4 is 23.2 Å². The number of hydrogen-bond acceptors (Lipinski definition) is 2. The third-order valence-electron chi connectivity index (χ3n) is 3.54. The molecule has 0 spiro atoms. The molecule has 0 unspecified atom stereocenters. The second-order valence-corrected chi connectivity index (χ2v) is 5.70. The third-order valence-corrected chi connectivity index (χ3v) is 3.86. The Morgan fingerprint density at radius 3 is 2.29 bits per heavy atom. The molecule has 0 aromatic heterocycles. The Labute approximate surface area is 130 Å². The van der Waals surface area contributed by atoms with Crippen molar-refractivity contribution in [2.24, 2.45) is 5.73 Å². The highest BCUT2D eigenvalue weighted by molar-refractivity contribution is 6.34. The van der Waals surface area contributed by atoms with Crippen molar-refractivity contribution < 1.29 is 4.79 Å². The number of rotatable bonds is 4. The number of halogens is 1. The fourth-order valence-corrected chi connectivity index (χ4v) is 2.78. The second-order valence-electron chi connectivity index (χ2n) is 5.29. The predicted molar refractivity (Wildman–Crippen MR) is 87.9 cm³/mol. The van der Waals surface area contributed by atoms with E-state index in [4.69, 9.17) is 17.3 Å². The maximum atomic E-state index is 11.2. The summed E-state index contributed by atoms with van der Waals surface area (Å²) in [6.07, 6.45) is 0. The van der Waals surface area contributed by atoms with Crippen molar-refractivity contribution in [2.45, 2.75) is 27.3 Å². The molecule has 0 saturated carbocycles. The lowest BCUT2D eigenvalue weighted by Gasteiger charge is -2.14. The molecule has 2 rings (SSSR count). The first-order valence-corrected chi connectivity index (χ1v) is 7.16. The summed E-state index contributed by atoms with van der Waals surface area (Å²) < 4.78 is 0. The van der Waals surface area contributed by atoms with Gasteiger partial charge in [-0.2, -0.15) is 0 Å². The highest BCUT2D eigenvalue weighted by Crippen LogP contribution is 2.22. The van der Waals surface area contributed by atoms with Gasteiger partial charge in [-0.15, -0.1) is 0 Å². The molecule has 2 aromatic carbocycles. The number of aryl methyl sites for hydroxylation is 3. The molecule has 4 heteroatoms. The average Bonchev–Trinajstić information content (AvgIpc) is 2.36. The molecule has 0 heterocycles. The van der Waals surface area contributed by atoms with Gasteiger partial charge in [0.1, 0.15) is 0 Å². The van der Waals surface area contributed by atoms with Gasteiger partial charge in [0, 0.05) is 12.2 Å². The number of carbonyl (C=O) groups is 1. The van der Waals surface area contributed by atoms with E-state index in [2.05, 4.69) is 38.2 Å². The number of nitrogens with one attached hydrogen (secondary N) is 1. The van der Waals surface area contributed by atoms with Crippen molar-refractivity contribution in [3.8, 4) is 0 Å². The Hall–Kier alpha value is -2.00. The summed E-state index contributed by atoms with van der Waals surface area (Å²) in [4.78, 5) is 11.2. The van der Waals surface area contributed by atoms with Gasteiger partial charge in [0.2, 0.25) is 5.91 Å². The summed E-state index contributed by atoms with van der Waals surface area (Å²) in [5.74, 6) is -0.517. The van der Waals surface area contributed by atoms with Crippen LogP contribution in [0.3, 0.4) is 0 Å². The average molecular weight is 303 g/mol. The summed E-state index contributed by atoms with van der Waals surface area (Å²) in [5.41, 5.74) is 11.5. The summed E-state index contributed by atoms with van der Waals surface area (Å²) in [6, 6.07) is 9.52. The quantitative estimate of drug-likeness (QED) is 0.897. The van der Waals surface area contributed by atoms with E-state index in [1.54, 1.807) is 12.1 Å². The van der Waals surface area contributed by atoms with Gasteiger partial charge < -0.3 is 11.1 Å². The highest BCUT2D eigenvalue weighted by atomic mass is 35.5. The molecule has 21 heavy (non-hydrogen) atoms. The van der Waals surface area contributed by atoms with Gasteiger partial charge >= 0.3 is 0 Å². The largest absolute Gasteiger partial charge is 0.381 e. The zero-order valence-corrected chi connectivity index (χ0v) is 13.2. The molecule has 0 radical (unpaired) electrons. The van der Waals surface area contributed by atoms with Crippen LogP contribution < -0.4 is 11.1 Å². The van der Waals surface area contributed by atoms with Crippen LogP contribution in [0.5, 0.6) is 0 Å². The van der Waals surface area contributed by atoms with Crippen molar-refractivity contribution in [3.05, 3.63) is 63.2 Å². The standard InChI is InChI=1S/C17H19ClN2O/c1-10-6-11(2)15(12(3)7-10)9-20-13-4-5-14(17(19)21)16(18)8-13/h4-8,20H,9H2,1-3H3,(H2,19,21).